The first-order valence-electron chi connectivity index (χ1n) is 9.99. The van der Waals surface area contributed by atoms with Crippen molar-refractivity contribution in [3.05, 3.63) is 12.2 Å². The third kappa shape index (κ3) is 2.20. The van der Waals surface area contributed by atoms with E-state index in [-0.39, 0.29) is 11.5 Å². The smallest absolute Gasteiger partial charge is 0.137 e. The first-order valence-corrected chi connectivity index (χ1v) is 9.99. The van der Waals surface area contributed by atoms with Crippen molar-refractivity contribution >= 4 is 6.29 Å². The van der Waals surface area contributed by atoms with Crippen molar-refractivity contribution in [2.75, 3.05) is 0 Å². The number of hydrogen-bond acceptors (Lipinski definition) is 2. The molecule has 4 rings (SSSR count). The number of allylic oxidation sites excluding steroid dienone is 1. The summed E-state index contributed by atoms with van der Waals surface area (Å²) in [5, 5.41) is 0. The Labute approximate surface area is 141 Å². The van der Waals surface area contributed by atoms with Crippen LogP contribution in [0.2, 0.25) is 0 Å². The van der Waals surface area contributed by atoms with Gasteiger partial charge in [0.15, 0.2) is 0 Å². The zero-order valence-electron chi connectivity index (χ0n) is 14.7. The lowest BCUT2D eigenvalue weighted by molar-refractivity contribution is -0.111. The first-order chi connectivity index (χ1) is 11.1. The summed E-state index contributed by atoms with van der Waals surface area (Å²) in [4.78, 5) is 11.7. The molecule has 0 amide bonds. The quantitative estimate of drug-likeness (QED) is 0.622. The van der Waals surface area contributed by atoms with Crippen LogP contribution < -0.4 is 5.73 Å². The molecule has 0 bridgehead atoms. The average molecular weight is 316 g/mol. The Bertz CT molecular complexity index is 494. The van der Waals surface area contributed by atoms with Crippen LogP contribution in [0.5, 0.6) is 0 Å². The molecule has 0 aromatic heterocycles. The van der Waals surface area contributed by atoms with Gasteiger partial charge in [-0.15, -0.1) is 0 Å². The Kier molecular flexibility index (Phi) is 3.95. The Morgan fingerprint density at radius 3 is 2.65 bits per heavy atom. The van der Waals surface area contributed by atoms with Crippen LogP contribution in [0.3, 0.4) is 0 Å². The summed E-state index contributed by atoms with van der Waals surface area (Å²) in [7, 11) is 0. The van der Waals surface area contributed by atoms with Crippen molar-refractivity contribution < 1.29 is 4.79 Å². The fraction of sp³-hybridized carbons (Fsp3) is 0.857. The molecule has 2 N–H and O–H groups in total. The largest absolute Gasteiger partial charge is 0.321 e. The number of fused-ring (bicyclic) bond motifs is 3. The van der Waals surface area contributed by atoms with Gasteiger partial charge in [0.25, 0.3) is 0 Å². The first kappa shape index (κ1) is 15.9. The molecule has 23 heavy (non-hydrogen) atoms. The molecule has 0 radical (unpaired) electrons. The Balaban J connectivity index is 1.69. The van der Waals surface area contributed by atoms with Gasteiger partial charge in [-0.05, 0) is 74.0 Å². The molecule has 7 atom stereocenters. The predicted octanol–water partition coefficient (Wildman–Crippen LogP) is 4.34. The molecule has 0 aliphatic heterocycles. The summed E-state index contributed by atoms with van der Waals surface area (Å²) < 4.78 is 0. The molecule has 2 nitrogen and oxygen atoms in total. The lowest BCUT2D eigenvalue weighted by Gasteiger charge is -2.37. The molecule has 0 heterocycles. The molecule has 2 heteroatoms. The van der Waals surface area contributed by atoms with Gasteiger partial charge < -0.3 is 10.5 Å². The molecule has 4 aliphatic carbocycles. The van der Waals surface area contributed by atoms with E-state index in [2.05, 4.69) is 13.5 Å². The van der Waals surface area contributed by atoms with E-state index in [1.807, 2.05) is 0 Å². The van der Waals surface area contributed by atoms with Crippen LogP contribution in [-0.2, 0) is 4.79 Å². The number of nitrogens with two attached hydrogens (primary N) is 1. The normalized spacial score (nSPS) is 48.3. The molecular formula is C21H33NO. The summed E-state index contributed by atoms with van der Waals surface area (Å²) in [6.07, 6.45) is 12.8. The Morgan fingerprint density at radius 1 is 1.22 bits per heavy atom. The number of rotatable bonds is 3. The van der Waals surface area contributed by atoms with Crippen molar-refractivity contribution in [3.8, 4) is 0 Å². The predicted molar refractivity (Wildman–Crippen MR) is 93.8 cm³/mol. The third-order valence-corrected chi connectivity index (χ3v) is 8.19. The molecule has 0 aromatic rings. The minimum Gasteiger partial charge on any atom is -0.321 e. The van der Waals surface area contributed by atoms with E-state index in [1.165, 1.54) is 63.4 Å². The number of aldehydes is 1. The average Bonchev–Trinajstić information content (AvgIpc) is 3.13. The summed E-state index contributed by atoms with van der Waals surface area (Å²) in [5.74, 6) is 4.40. The van der Waals surface area contributed by atoms with Gasteiger partial charge >= 0.3 is 0 Å². The summed E-state index contributed by atoms with van der Waals surface area (Å²) in [6, 6.07) is -0.233. The molecular weight excluding hydrogens is 282 g/mol. The SMILES string of the molecule is C=C1CC[C@@H]2[C@H]([C@@H]3C[C@@H](C)C[C@H]13)[C@@]2(C1CCCCC1)[C@H](N)C=O. The van der Waals surface area contributed by atoms with Crippen molar-refractivity contribution in [1.82, 2.24) is 0 Å². The van der Waals surface area contributed by atoms with Crippen molar-refractivity contribution in [3.63, 3.8) is 0 Å². The monoisotopic (exact) mass is 315 g/mol. The van der Waals surface area contributed by atoms with Crippen LogP contribution >= 0.6 is 0 Å². The molecule has 0 spiro atoms. The van der Waals surface area contributed by atoms with E-state index < -0.39 is 0 Å². The highest BCUT2D eigenvalue weighted by atomic mass is 16.1. The van der Waals surface area contributed by atoms with Crippen LogP contribution in [0.25, 0.3) is 0 Å². The van der Waals surface area contributed by atoms with E-state index >= 15 is 0 Å². The Hall–Kier alpha value is -0.630. The van der Waals surface area contributed by atoms with Gasteiger partial charge in [0, 0.05) is 5.41 Å². The summed E-state index contributed by atoms with van der Waals surface area (Å²) in [5.41, 5.74) is 8.17. The third-order valence-electron chi connectivity index (χ3n) is 8.19. The summed E-state index contributed by atoms with van der Waals surface area (Å²) >= 11 is 0. The highest BCUT2D eigenvalue weighted by Crippen LogP contribution is 2.75. The number of carbonyl (C=O) groups is 1. The molecule has 4 fully saturated rings. The lowest BCUT2D eigenvalue weighted by Crippen LogP contribution is -2.43. The Morgan fingerprint density at radius 2 is 1.96 bits per heavy atom. The van der Waals surface area contributed by atoms with Gasteiger partial charge in [-0.3, -0.25) is 0 Å². The second-order valence-electron chi connectivity index (χ2n) is 9.17. The molecule has 0 saturated heterocycles. The molecule has 128 valence electrons. The second kappa shape index (κ2) is 5.72. The highest BCUT2D eigenvalue weighted by Gasteiger charge is 2.73. The van der Waals surface area contributed by atoms with Crippen molar-refractivity contribution in [2.45, 2.75) is 70.8 Å². The zero-order chi connectivity index (χ0) is 16.2. The topological polar surface area (TPSA) is 43.1 Å². The van der Waals surface area contributed by atoms with Gasteiger partial charge in [-0.2, -0.15) is 0 Å². The lowest BCUT2D eigenvalue weighted by atomic mass is 9.69. The fourth-order valence-corrected chi connectivity index (χ4v) is 7.40. The second-order valence-corrected chi connectivity index (χ2v) is 9.17. The van der Waals surface area contributed by atoms with E-state index in [9.17, 15) is 4.79 Å². The van der Waals surface area contributed by atoms with E-state index in [0.29, 0.717) is 23.7 Å². The van der Waals surface area contributed by atoms with E-state index in [1.54, 1.807) is 0 Å². The fourth-order valence-electron chi connectivity index (χ4n) is 7.40. The van der Waals surface area contributed by atoms with Crippen LogP contribution in [0.15, 0.2) is 12.2 Å². The van der Waals surface area contributed by atoms with Gasteiger partial charge in [-0.1, -0.05) is 38.3 Å². The van der Waals surface area contributed by atoms with E-state index in [4.69, 9.17) is 5.73 Å². The zero-order valence-corrected chi connectivity index (χ0v) is 14.7. The van der Waals surface area contributed by atoms with Gasteiger partial charge in [0.2, 0.25) is 0 Å². The minimum atomic E-state index is -0.233. The van der Waals surface area contributed by atoms with Crippen LogP contribution in [0, 0.1) is 40.9 Å². The molecule has 4 saturated carbocycles. The van der Waals surface area contributed by atoms with Crippen molar-refractivity contribution in [1.29, 1.82) is 0 Å². The maximum atomic E-state index is 11.7. The summed E-state index contributed by atoms with van der Waals surface area (Å²) in [6.45, 7) is 6.83. The van der Waals surface area contributed by atoms with Gasteiger partial charge in [0.1, 0.15) is 6.29 Å². The number of hydrogen-bond donors (Lipinski definition) is 1. The van der Waals surface area contributed by atoms with Crippen LogP contribution in [0.4, 0.5) is 0 Å². The maximum Gasteiger partial charge on any atom is 0.137 e. The van der Waals surface area contributed by atoms with Gasteiger partial charge in [0.05, 0.1) is 6.04 Å². The minimum absolute atomic E-state index is 0.149. The molecule has 0 aromatic carbocycles. The maximum absolute atomic E-state index is 11.7. The molecule has 0 unspecified atom stereocenters. The van der Waals surface area contributed by atoms with Gasteiger partial charge in [-0.25, -0.2) is 0 Å². The standard InChI is InChI=1S/C21H33NO/c1-13-10-16-14(2)8-9-18-20(17(16)11-13)21(18,19(22)12-23)15-6-4-3-5-7-15/h12-13,15-20H,2-11,22H2,1H3/t13-,16+,17+,18+,19+,20-,21+/m0/s1. The van der Waals surface area contributed by atoms with Crippen molar-refractivity contribution in [2.24, 2.45) is 46.7 Å². The van der Waals surface area contributed by atoms with E-state index in [0.717, 1.165) is 18.1 Å². The molecule has 4 aliphatic rings. The van der Waals surface area contributed by atoms with Crippen LogP contribution in [-0.4, -0.2) is 12.3 Å². The van der Waals surface area contributed by atoms with Crippen LogP contribution in [0.1, 0.15) is 64.7 Å². The number of carbonyl (C=O) groups excluding carboxylic acids is 1. The highest BCUT2D eigenvalue weighted by molar-refractivity contribution is 5.61.